The smallest absolute Gasteiger partial charge is 0.244 e. The highest BCUT2D eigenvalue weighted by molar-refractivity contribution is 7.89. The molecule has 0 bridgehead atoms. The van der Waals surface area contributed by atoms with Gasteiger partial charge in [-0.05, 0) is 43.5 Å². The van der Waals surface area contributed by atoms with E-state index in [1.807, 2.05) is 30.3 Å². The first-order valence-corrected chi connectivity index (χ1v) is 10.1. The summed E-state index contributed by atoms with van der Waals surface area (Å²) in [5.74, 6) is -0.386. The number of nitrogens with one attached hydrogen (secondary N) is 1. The molecule has 1 aromatic heterocycles. The van der Waals surface area contributed by atoms with Crippen LogP contribution in [-0.4, -0.2) is 25.1 Å². The van der Waals surface area contributed by atoms with Crippen LogP contribution >= 0.6 is 11.6 Å². The molecule has 7 heteroatoms. The summed E-state index contributed by atoms with van der Waals surface area (Å²) >= 11 is 6.19. The van der Waals surface area contributed by atoms with E-state index in [9.17, 15) is 13.5 Å². The van der Waals surface area contributed by atoms with Crippen LogP contribution in [0, 0.1) is 6.92 Å². The summed E-state index contributed by atoms with van der Waals surface area (Å²) in [7, 11) is -3.90. The van der Waals surface area contributed by atoms with Crippen molar-refractivity contribution in [2.75, 3.05) is 6.54 Å². The van der Waals surface area contributed by atoms with Gasteiger partial charge in [0, 0.05) is 17.6 Å². The number of hydrogen-bond donors (Lipinski definition) is 2. The van der Waals surface area contributed by atoms with E-state index in [-0.39, 0.29) is 27.7 Å². The van der Waals surface area contributed by atoms with Crippen LogP contribution in [-0.2, 0) is 16.4 Å². The second-order valence-electron chi connectivity index (χ2n) is 6.04. The van der Waals surface area contributed by atoms with E-state index in [4.69, 9.17) is 11.6 Å². The number of rotatable bonds is 6. The van der Waals surface area contributed by atoms with Gasteiger partial charge < -0.3 is 5.11 Å². The molecule has 0 saturated carbocycles. The number of benzene rings is 2. The number of fused-ring (bicyclic) bond motifs is 1. The lowest BCUT2D eigenvalue weighted by molar-refractivity contribution is 0.463. The third kappa shape index (κ3) is 3.98. The average molecular weight is 391 g/mol. The Hall–Kier alpha value is -2.15. The van der Waals surface area contributed by atoms with Crippen molar-refractivity contribution in [1.29, 1.82) is 0 Å². The van der Waals surface area contributed by atoms with Crippen LogP contribution in [0.2, 0.25) is 5.02 Å². The number of sulfonamides is 1. The molecule has 0 unspecified atom stereocenters. The summed E-state index contributed by atoms with van der Waals surface area (Å²) in [6.07, 6.45) is 1.40. The lowest BCUT2D eigenvalue weighted by atomic mass is 10.1. The fourth-order valence-electron chi connectivity index (χ4n) is 2.73. The molecule has 0 spiro atoms. The first-order valence-electron chi connectivity index (χ1n) is 8.21. The van der Waals surface area contributed by atoms with Gasteiger partial charge in [-0.15, -0.1) is 0 Å². The largest absolute Gasteiger partial charge is 0.504 e. The lowest BCUT2D eigenvalue weighted by Gasteiger charge is -2.11. The monoisotopic (exact) mass is 390 g/mol. The van der Waals surface area contributed by atoms with Crippen molar-refractivity contribution >= 4 is 32.5 Å². The summed E-state index contributed by atoms with van der Waals surface area (Å²) in [5, 5.41) is 11.2. The van der Waals surface area contributed by atoms with E-state index in [1.165, 1.54) is 6.07 Å². The minimum atomic E-state index is -3.90. The number of nitrogens with zero attached hydrogens (tertiary/aromatic N) is 1. The van der Waals surface area contributed by atoms with Gasteiger partial charge in [0.15, 0.2) is 5.75 Å². The molecule has 26 heavy (non-hydrogen) atoms. The second-order valence-corrected chi connectivity index (χ2v) is 8.18. The Labute approximate surface area is 157 Å². The topological polar surface area (TPSA) is 79.3 Å². The van der Waals surface area contributed by atoms with Crippen molar-refractivity contribution in [1.82, 2.24) is 9.71 Å². The van der Waals surface area contributed by atoms with Crippen LogP contribution in [0.25, 0.3) is 10.9 Å². The first kappa shape index (κ1) is 18.6. The third-order valence-corrected chi connectivity index (χ3v) is 5.86. The number of pyridine rings is 1. The minimum absolute atomic E-state index is 0.183. The Morgan fingerprint density at radius 2 is 1.88 bits per heavy atom. The number of aromatic hydroxyl groups is 1. The predicted molar refractivity (Wildman–Crippen MR) is 103 cm³/mol. The van der Waals surface area contributed by atoms with E-state index in [1.54, 1.807) is 19.1 Å². The van der Waals surface area contributed by atoms with Gasteiger partial charge in [0.1, 0.15) is 10.4 Å². The van der Waals surface area contributed by atoms with E-state index < -0.39 is 10.0 Å². The quantitative estimate of drug-likeness (QED) is 0.627. The molecule has 136 valence electrons. The second kappa shape index (κ2) is 7.61. The number of aromatic nitrogens is 1. The molecule has 3 aromatic rings. The summed E-state index contributed by atoms with van der Waals surface area (Å²) < 4.78 is 27.7. The molecule has 0 radical (unpaired) electrons. The van der Waals surface area contributed by atoms with Gasteiger partial charge in [-0.25, -0.2) is 18.1 Å². The highest BCUT2D eigenvalue weighted by Crippen LogP contribution is 2.35. The number of hydrogen-bond acceptors (Lipinski definition) is 4. The first-order chi connectivity index (χ1) is 12.4. The van der Waals surface area contributed by atoms with Gasteiger partial charge in [-0.3, -0.25) is 0 Å². The fraction of sp³-hybridized carbons (Fsp3) is 0.211. The predicted octanol–water partition coefficient (Wildman–Crippen LogP) is 3.81. The molecule has 0 amide bonds. The van der Waals surface area contributed by atoms with Gasteiger partial charge in [0.25, 0.3) is 0 Å². The van der Waals surface area contributed by atoms with Gasteiger partial charge in [-0.2, -0.15) is 0 Å². The molecular formula is C19H19ClN2O3S. The summed E-state index contributed by atoms with van der Waals surface area (Å²) in [5.41, 5.74) is 1.99. The molecular weight excluding hydrogens is 372 g/mol. The molecule has 0 aliphatic carbocycles. The SMILES string of the molecule is Cc1ccc2c(Cl)cc(S(=O)(=O)NCCCc3ccccc3)c(O)c2n1. The van der Waals surface area contributed by atoms with Gasteiger partial charge in [0.2, 0.25) is 10.0 Å². The molecule has 0 saturated heterocycles. The third-order valence-electron chi connectivity index (χ3n) is 4.07. The summed E-state index contributed by atoms with van der Waals surface area (Å²) in [4.78, 5) is 3.96. The zero-order chi connectivity index (χ0) is 18.7. The van der Waals surface area contributed by atoms with Crippen LogP contribution in [0.4, 0.5) is 0 Å². The van der Waals surface area contributed by atoms with E-state index in [0.29, 0.717) is 17.5 Å². The van der Waals surface area contributed by atoms with Crippen LogP contribution in [0.5, 0.6) is 5.75 Å². The fourth-order valence-corrected chi connectivity index (χ4v) is 4.25. The number of aryl methyl sites for hydroxylation is 2. The van der Waals surface area contributed by atoms with Gasteiger partial charge in [0.05, 0.1) is 5.02 Å². The number of halogens is 1. The zero-order valence-electron chi connectivity index (χ0n) is 14.2. The normalized spacial score (nSPS) is 11.8. The molecule has 3 rings (SSSR count). The average Bonchev–Trinajstić information content (AvgIpc) is 2.62. The van der Waals surface area contributed by atoms with Crippen molar-refractivity contribution in [2.24, 2.45) is 0 Å². The van der Waals surface area contributed by atoms with E-state index >= 15 is 0 Å². The maximum Gasteiger partial charge on any atom is 0.244 e. The molecule has 0 atom stereocenters. The Bertz CT molecular complexity index is 1040. The molecule has 5 nitrogen and oxygen atoms in total. The number of phenols is 1. The highest BCUT2D eigenvalue weighted by atomic mass is 35.5. The molecule has 0 fully saturated rings. The number of phenolic OH excluding ortho intramolecular Hbond substituents is 1. The molecule has 0 aliphatic rings. The maximum absolute atomic E-state index is 12.6. The van der Waals surface area contributed by atoms with Crippen molar-refractivity contribution in [3.63, 3.8) is 0 Å². The van der Waals surface area contributed by atoms with Crippen LogP contribution in [0.1, 0.15) is 17.7 Å². The Morgan fingerprint density at radius 3 is 2.62 bits per heavy atom. The van der Waals surface area contributed by atoms with Gasteiger partial charge >= 0.3 is 0 Å². The molecule has 2 aromatic carbocycles. The van der Waals surface area contributed by atoms with Crippen molar-refractivity contribution < 1.29 is 13.5 Å². The lowest BCUT2D eigenvalue weighted by Crippen LogP contribution is -2.25. The summed E-state index contributed by atoms with van der Waals surface area (Å²) in [6, 6.07) is 14.6. The van der Waals surface area contributed by atoms with Crippen LogP contribution < -0.4 is 4.72 Å². The molecule has 2 N–H and O–H groups in total. The van der Waals surface area contributed by atoms with E-state index in [2.05, 4.69) is 9.71 Å². The maximum atomic E-state index is 12.6. The standard InChI is InChI=1S/C19H19ClN2O3S/c1-13-9-10-15-16(20)12-17(19(23)18(15)22-13)26(24,25)21-11-5-8-14-6-3-2-4-7-14/h2-4,6-7,9-10,12,21,23H,5,8,11H2,1H3. The van der Waals surface area contributed by atoms with E-state index in [0.717, 1.165) is 12.0 Å². The van der Waals surface area contributed by atoms with Crippen LogP contribution in [0.15, 0.2) is 53.4 Å². The summed E-state index contributed by atoms with van der Waals surface area (Å²) in [6.45, 7) is 2.02. The van der Waals surface area contributed by atoms with Crippen molar-refractivity contribution in [2.45, 2.75) is 24.7 Å². The zero-order valence-corrected chi connectivity index (χ0v) is 15.8. The molecule has 0 aliphatic heterocycles. The highest BCUT2D eigenvalue weighted by Gasteiger charge is 2.22. The Balaban J connectivity index is 1.79. The van der Waals surface area contributed by atoms with Crippen molar-refractivity contribution in [3.05, 3.63) is 64.8 Å². The van der Waals surface area contributed by atoms with Gasteiger partial charge in [-0.1, -0.05) is 41.9 Å². The Morgan fingerprint density at radius 1 is 1.15 bits per heavy atom. The minimum Gasteiger partial charge on any atom is -0.504 e. The molecule has 1 heterocycles. The Kier molecular flexibility index (Phi) is 5.46. The van der Waals surface area contributed by atoms with Crippen LogP contribution in [0.3, 0.4) is 0 Å². The van der Waals surface area contributed by atoms with Crippen molar-refractivity contribution in [3.8, 4) is 5.75 Å².